The van der Waals surface area contributed by atoms with Crippen LogP contribution in [0.4, 0.5) is 0 Å². The fourth-order valence-corrected chi connectivity index (χ4v) is 1.45. The Morgan fingerprint density at radius 1 is 1.44 bits per heavy atom. The van der Waals surface area contributed by atoms with Crippen molar-refractivity contribution in [1.82, 2.24) is 14.8 Å². The molecule has 0 aliphatic heterocycles. The molecule has 2 heterocycles. The van der Waals surface area contributed by atoms with Gasteiger partial charge in [-0.1, -0.05) is 17.7 Å². The van der Waals surface area contributed by atoms with E-state index in [1.807, 2.05) is 32.0 Å². The molecule has 5 heteroatoms. The molecule has 84 valence electrons. The molecule has 0 bridgehead atoms. The molecule has 4 nitrogen and oxygen atoms in total. The minimum Gasteiger partial charge on any atom is -0.478 e. The van der Waals surface area contributed by atoms with Crippen LogP contribution >= 0.6 is 11.6 Å². The molecule has 0 aliphatic carbocycles. The van der Waals surface area contributed by atoms with E-state index in [-0.39, 0.29) is 0 Å². The van der Waals surface area contributed by atoms with Crippen molar-refractivity contribution in [3.05, 3.63) is 35.1 Å². The zero-order valence-electron chi connectivity index (χ0n) is 9.14. The Hall–Kier alpha value is -1.55. The van der Waals surface area contributed by atoms with Gasteiger partial charge >= 0.3 is 0 Å². The van der Waals surface area contributed by atoms with Gasteiger partial charge in [-0.15, -0.1) is 0 Å². The molecule has 0 N–H and O–H groups in total. The van der Waals surface area contributed by atoms with Crippen LogP contribution in [0, 0.1) is 6.92 Å². The van der Waals surface area contributed by atoms with E-state index in [0.717, 1.165) is 5.69 Å². The minimum absolute atomic E-state index is 0.587. The summed E-state index contributed by atoms with van der Waals surface area (Å²) in [6.45, 7) is 4.36. The van der Waals surface area contributed by atoms with Crippen molar-refractivity contribution in [2.75, 3.05) is 6.61 Å². The van der Waals surface area contributed by atoms with Crippen LogP contribution in [-0.4, -0.2) is 21.4 Å². The number of hydrogen-bond donors (Lipinski definition) is 0. The van der Waals surface area contributed by atoms with Gasteiger partial charge in [-0.05, 0) is 19.9 Å². The number of aromatic nitrogens is 3. The summed E-state index contributed by atoms with van der Waals surface area (Å²) in [7, 11) is 0. The van der Waals surface area contributed by atoms with Gasteiger partial charge in [0.15, 0.2) is 5.82 Å². The molecule has 0 radical (unpaired) electrons. The third kappa shape index (κ3) is 2.17. The van der Waals surface area contributed by atoms with Crippen molar-refractivity contribution < 1.29 is 4.74 Å². The zero-order valence-corrected chi connectivity index (χ0v) is 9.90. The third-order valence-corrected chi connectivity index (χ3v) is 2.45. The van der Waals surface area contributed by atoms with Crippen molar-refractivity contribution in [2.45, 2.75) is 13.8 Å². The molecule has 0 atom stereocenters. The van der Waals surface area contributed by atoms with Gasteiger partial charge in [0.2, 0.25) is 5.88 Å². The van der Waals surface area contributed by atoms with Crippen LogP contribution in [0.2, 0.25) is 5.02 Å². The lowest BCUT2D eigenvalue weighted by Gasteiger charge is -2.04. The first kappa shape index (κ1) is 11.0. The average Bonchev–Trinajstić information content (AvgIpc) is 2.60. The van der Waals surface area contributed by atoms with E-state index in [2.05, 4.69) is 10.1 Å². The van der Waals surface area contributed by atoms with Crippen molar-refractivity contribution >= 4 is 11.6 Å². The molecule has 0 unspecified atom stereocenters. The average molecular weight is 238 g/mol. The highest BCUT2D eigenvalue weighted by Gasteiger charge is 2.05. The summed E-state index contributed by atoms with van der Waals surface area (Å²) < 4.78 is 6.96. The van der Waals surface area contributed by atoms with Crippen molar-refractivity contribution in [3.63, 3.8) is 0 Å². The zero-order chi connectivity index (χ0) is 11.5. The van der Waals surface area contributed by atoms with Gasteiger partial charge in [0.1, 0.15) is 0 Å². The second kappa shape index (κ2) is 4.53. The Morgan fingerprint density at radius 2 is 2.25 bits per heavy atom. The smallest absolute Gasteiger partial charge is 0.215 e. The largest absolute Gasteiger partial charge is 0.478 e. The summed E-state index contributed by atoms with van der Waals surface area (Å²) in [6, 6.07) is 5.54. The van der Waals surface area contributed by atoms with E-state index in [0.29, 0.717) is 23.3 Å². The summed E-state index contributed by atoms with van der Waals surface area (Å²) in [5, 5.41) is 4.88. The fraction of sp³-hybridized carbons (Fsp3) is 0.273. The van der Waals surface area contributed by atoms with Gasteiger partial charge < -0.3 is 4.74 Å². The van der Waals surface area contributed by atoms with Crippen molar-refractivity contribution in [2.24, 2.45) is 0 Å². The van der Waals surface area contributed by atoms with Crippen LogP contribution < -0.4 is 4.74 Å². The number of hydrogen-bond acceptors (Lipinski definition) is 3. The first-order chi connectivity index (χ1) is 7.70. The van der Waals surface area contributed by atoms with E-state index in [1.165, 1.54) is 0 Å². The van der Waals surface area contributed by atoms with E-state index in [9.17, 15) is 0 Å². The molecule has 0 fully saturated rings. The quantitative estimate of drug-likeness (QED) is 0.824. The molecule has 0 saturated heterocycles. The lowest BCUT2D eigenvalue weighted by Crippen LogP contribution is -2.01. The Balaban J connectivity index is 2.36. The van der Waals surface area contributed by atoms with Crippen LogP contribution in [0.15, 0.2) is 24.4 Å². The van der Waals surface area contributed by atoms with E-state index < -0.39 is 0 Å². The number of nitrogens with zero attached hydrogens (tertiary/aromatic N) is 3. The highest BCUT2D eigenvalue weighted by Crippen LogP contribution is 2.16. The predicted molar refractivity (Wildman–Crippen MR) is 62.3 cm³/mol. The molecule has 0 amide bonds. The van der Waals surface area contributed by atoms with Crippen LogP contribution in [-0.2, 0) is 0 Å². The molecule has 0 aliphatic rings. The van der Waals surface area contributed by atoms with E-state index in [4.69, 9.17) is 16.3 Å². The maximum atomic E-state index is 5.94. The molecule has 16 heavy (non-hydrogen) atoms. The van der Waals surface area contributed by atoms with Crippen LogP contribution in [0.5, 0.6) is 5.88 Å². The van der Waals surface area contributed by atoms with Crippen molar-refractivity contribution in [3.8, 4) is 11.7 Å². The second-order valence-electron chi connectivity index (χ2n) is 3.27. The normalized spacial score (nSPS) is 10.4. The molecular formula is C11H12ClN3O. The van der Waals surface area contributed by atoms with Gasteiger partial charge in [-0.3, -0.25) is 0 Å². The number of ether oxygens (including phenoxy) is 1. The molecule has 0 spiro atoms. The first-order valence-corrected chi connectivity index (χ1v) is 5.40. The molecular weight excluding hydrogens is 226 g/mol. The van der Waals surface area contributed by atoms with Crippen LogP contribution in [0.3, 0.4) is 0 Å². The summed E-state index contributed by atoms with van der Waals surface area (Å²) in [6.07, 6.45) is 1.73. The van der Waals surface area contributed by atoms with Gasteiger partial charge in [-0.25, -0.2) is 4.68 Å². The first-order valence-electron chi connectivity index (χ1n) is 5.02. The van der Waals surface area contributed by atoms with Gasteiger partial charge in [0.05, 0.1) is 23.5 Å². The summed E-state index contributed by atoms with van der Waals surface area (Å²) in [5.74, 6) is 1.28. The number of aryl methyl sites for hydroxylation is 1. The highest BCUT2D eigenvalue weighted by atomic mass is 35.5. The Kier molecular flexibility index (Phi) is 3.10. The Bertz CT molecular complexity index is 476. The van der Waals surface area contributed by atoms with Crippen LogP contribution in [0.25, 0.3) is 5.82 Å². The predicted octanol–water partition coefficient (Wildman–Crippen LogP) is 2.63. The molecule has 0 saturated carbocycles. The monoisotopic (exact) mass is 237 g/mol. The summed E-state index contributed by atoms with van der Waals surface area (Å²) in [5.41, 5.74) is 0.783. The Labute approximate surface area is 98.8 Å². The molecule has 2 rings (SSSR count). The topological polar surface area (TPSA) is 39.9 Å². The highest BCUT2D eigenvalue weighted by molar-refractivity contribution is 6.31. The van der Waals surface area contributed by atoms with Crippen LogP contribution in [0.1, 0.15) is 12.6 Å². The standard InChI is InChI=1S/C11H12ClN3O/c1-3-16-11-6-4-5-10(13-11)15-7-9(12)8(2)14-15/h4-7H,3H2,1-2H3. The maximum absolute atomic E-state index is 5.94. The van der Waals surface area contributed by atoms with Gasteiger partial charge in [0, 0.05) is 6.07 Å². The summed E-state index contributed by atoms with van der Waals surface area (Å²) in [4.78, 5) is 4.31. The third-order valence-electron chi connectivity index (χ3n) is 2.07. The van der Waals surface area contributed by atoms with E-state index in [1.54, 1.807) is 10.9 Å². The number of rotatable bonds is 3. The number of pyridine rings is 1. The Morgan fingerprint density at radius 3 is 2.88 bits per heavy atom. The summed E-state index contributed by atoms with van der Waals surface area (Å²) >= 11 is 5.94. The lowest BCUT2D eigenvalue weighted by molar-refractivity contribution is 0.326. The lowest BCUT2D eigenvalue weighted by atomic mass is 10.4. The van der Waals surface area contributed by atoms with Gasteiger partial charge in [0.25, 0.3) is 0 Å². The number of halogens is 1. The van der Waals surface area contributed by atoms with Crippen molar-refractivity contribution in [1.29, 1.82) is 0 Å². The minimum atomic E-state index is 0.587. The molecule has 2 aromatic rings. The SMILES string of the molecule is CCOc1cccc(-n2cc(Cl)c(C)n2)n1. The molecule has 0 aromatic carbocycles. The fourth-order valence-electron chi connectivity index (χ4n) is 1.32. The maximum Gasteiger partial charge on any atom is 0.215 e. The molecule has 2 aromatic heterocycles. The second-order valence-corrected chi connectivity index (χ2v) is 3.68. The van der Waals surface area contributed by atoms with E-state index >= 15 is 0 Å². The van der Waals surface area contributed by atoms with Gasteiger partial charge in [-0.2, -0.15) is 10.1 Å².